The molecule has 0 bridgehead atoms. The minimum Gasteiger partial charge on any atom is -0.469 e. The standard InChI is InChI=1S/C16H24FNO2/c1-3-4-5-10-18-15(12-16(19)20-2)11-13-6-8-14(17)9-7-13/h6-9,15,18H,3-5,10-12H2,1-2H3. The molecule has 1 unspecified atom stereocenters. The van der Waals surface area contributed by atoms with Crippen molar-refractivity contribution in [2.75, 3.05) is 13.7 Å². The van der Waals surface area contributed by atoms with Crippen LogP contribution < -0.4 is 5.32 Å². The van der Waals surface area contributed by atoms with Crippen LogP contribution in [0.4, 0.5) is 4.39 Å². The van der Waals surface area contributed by atoms with Gasteiger partial charge in [-0.1, -0.05) is 31.9 Å². The zero-order valence-corrected chi connectivity index (χ0v) is 12.3. The van der Waals surface area contributed by atoms with Gasteiger partial charge in [0.25, 0.3) is 0 Å². The second-order valence-corrected chi connectivity index (χ2v) is 4.97. The van der Waals surface area contributed by atoms with Gasteiger partial charge in [0.15, 0.2) is 0 Å². The van der Waals surface area contributed by atoms with Crippen molar-refractivity contribution in [3.8, 4) is 0 Å². The second kappa shape index (κ2) is 9.48. The molecule has 1 aromatic rings. The normalized spacial score (nSPS) is 12.2. The summed E-state index contributed by atoms with van der Waals surface area (Å²) in [4.78, 5) is 11.4. The first-order valence-corrected chi connectivity index (χ1v) is 7.20. The lowest BCUT2D eigenvalue weighted by molar-refractivity contribution is -0.141. The minimum atomic E-state index is -0.242. The summed E-state index contributed by atoms with van der Waals surface area (Å²) in [5.41, 5.74) is 1.02. The van der Waals surface area contributed by atoms with E-state index in [1.54, 1.807) is 12.1 Å². The van der Waals surface area contributed by atoms with Crippen LogP contribution in [0.1, 0.15) is 38.2 Å². The average Bonchev–Trinajstić information content (AvgIpc) is 2.45. The molecule has 0 radical (unpaired) electrons. The number of unbranched alkanes of at least 4 members (excludes halogenated alkanes) is 2. The van der Waals surface area contributed by atoms with Gasteiger partial charge in [-0.15, -0.1) is 0 Å². The van der Waals surface area contributed by atoms with E-state index in [1.807, 2.05) is 0 Å². The predicted octanol–water partition coefficient (Wildman–Crippen LogP) is 3.08. The quantitative estimate of drug-likeness (QED) is 0.558. The van der Waals surface area contributed by atoms with Crippen molar-refractivity contribution in [1.82, 2.24) is 5.32 Å². The first-order valence-electron chi connectivity index (χ1n) is 7.20. The van der Waals surface area contributed by atoms with Crippen molar-refractivity contribution >= 4 is 5.97 Å². The lowest BCUT2D eigenvalue weighted by Crippen LogP contribution is -2.34. The molecule has 1 aromatic carbocycles. The van der Waals surface area contributed by atoms with Crippen LogP contribution in [0.3, 0.4) is 0 Å². The first kappa shape index (κ1) is 16.6. The second-order valence-electron chi connectivity index (χ2n) is 4.97. The highest BCUT2D eigenvalue weighted by Gasteiger charge is 2.14. The molecular weight excluding hydrogens is 257 g/mol. The number of methoxy groups -OCH3 is 1. The van der Waals surface area contributed by atoms with E-state index in [9.17, 15) is 9.18 Å². The van der Waals surface area contributed by atoms with Crippen molar-refractivity contribution in [3.05, 3.63) is 35.6 Å². The number of hydrogen-bond donors (Lipinski definition) is 1. The van der Waals surface area contributed by atoms with E-state index in [2.05, 4.69) is 12.2 Å². The fourth-order valence-corrected chi connectivity index (χ4v) is 2.09. The number of nitrogens with one attached hydrogen (secondary N) is 1. The smallest absolute Gasteiger partial charge is 0.307 e. The summed E-state index contributed by atoms with van der Waals surface area (Å²) in [6.45, 7) is 3.04. The summed E-state index contributed by atoms with van der Waals surface area (Å²) < 4.78 is 17.6. The molecule has 1 N–H and O–H groups in total. The lowest BCUT2D eigenvalue weighted by atomic mass is 10.0. The molecule has 0 saturated carbocycles. The zero-order valence-electron chi connectivity index (χ0n) is 12.3. The number of halogens is 1. The molecule has 1 atom stereocenters. The Balaban J connectivity index is 2.52. The maximum Gasteiger partial charge on any atom is 0.307 e. The van der Waals surface area contributed by atoms with Crippen LogP contribution in [0.15, 0.2) is 24.3 Å². The molecule has 0 aliphatic heterocycles. The summed E-state index contributed by atoms with van der Waals surface area (Å²) >= 11 is 0. The molecule has 0 amide bonds. The van der Waals surface area contributed by atoms with Crippen molar-refractivity contribution in [2.45, 2.75) is 45.1 Å². The SMILES string of the molecule is CCCCCNC(CC(=O)OC)Cc1ccc(F)cc1. The van der Waals surface area contributed by atoms with Crippen molar-refractivity contribution in [2.24, 2.45) is 0 Å². The highest BCUT2D eigenvalue weighted by Crippen LogP contribution is 2.09. The first-order chi connectivity index (χ1) is 9.65. The average molecular weight is 281 g/mol. The van der Waals surface area contributed by atoms with Gasteiger partial charge >= 0.3 is 5.97 Å². The van der Waals surface area contributed by atoms with Crippen LogP contribution in [0.25, 0.3) is 0 Å². The molecule has 0 aliphatic rings. The fraction of sp³-hybridized carbons (Fsp3) is 0.562. The number of benzene rings is 1. The molecule has 0 spiro atoms. The Kier molecular flexibility index (Phi) is 7.88. The van der Waals surface area contributed by atoms with Crippen LogP contribution >= 0.6 is 0 Å². The Morgan fingerprint density at radius 1 is 1.30 bits per heavy atom. The molecule has 3 nitrogen and oxygen atoms in total. The van der Waals surface area contributed by atoms with E-state index in [1.165, 1.54) is 32.1 Å². The molecule has 1 rings (SSSR count). The molecule has 0 heterocycles. The van der Waals surface area contributed by atoms with Crippen LogP contribution in [-0.4, -0.2) is 25.7 Å². The van der Waals surface area contributed by atoms with Crippen molar-refractivity contribution < 1.29 is 13.9 Å². The Bertz CT molecular complexity index is 392. The summed E-state index contributed by atoms with van der Waals surface area (Å²) in [6.07, 6.45) is 4.47. The van der Waals surface area contributed by atoms with Gasteiger partial charge < -0.3 is 10.1 Å². The Hall–Kier alpha value is -1.42. The zero-order chi connectivity index (χ0) is 14.8. The Morgan fingerprint density at radius 3 is 2.60 bits per heavy atom. The number of ether oxygens (including phenoxy) is 1. The van der Waals surface area contributed by atoms with Crippen LogP contribution in [0.5, 0.6) is 0 Å². The van der Waals surface area contributed by atoms with E-state index in [0.717, 1.165) is 18.5 Å². The predicted molar refractivity (Wildman–Crippen MR) is 78.1 cm³/mol. The molecule has 0 fully saturated rings. The summed E-state index contributed by atoms with van der Waals surface area (Å²) in [6, 6.07) is 6.44. The van der Waals surface area contributed by atoms with E-state index in [-0.39, 0.29) is 17.8 Å². The van der Waals surface area contributed by atoms with Gasteiger partial charge in [-0.25, -0.2) is 4.39 Å². The molecule has 20 heavy (non-hydrogen) atoms. The van der Waals surface area contributed by atoms with Crippen molar-refractivity contribution in [3.63, 3.8) is 0 Å². The third-order valence-corrected chi connectivity index (χ3v) is 3.25. The van der Waals surface area contributed by atoms with E-state index >= 15 is 0 Å². The maximum absolute atomic E-state index is 12.9. The van der Waals surface area contributed by atoms with E-state index in [4.69, 9.17) is 4.74 Å². The van der Waals surface area contributed by atoms with Crippen LogP contribution in [0.2, 0.25) is 0 Å². The van der Waals surface area contributed by atoms with E-state index in [0.29, 0.717) is 12.8 Å². The number of hydrogen-bond acceptors (Lipinski definition) is 3. The molecular formula is C16H24FNO2. The molecule has 4 heteroatoms. The number of esters is 1. The number of carbonyl (C=O) groups is 1. The highest BCUT2D eigenvalue weighted by atomic mass is 19.1. The summed E-state index contributed by atoms with van der Waals surface area (Å²) in [5, 5.41) is 3.39. The highest BCUT2D eigenvalue weighted by molar-refractivity contribution is 5.69. The monoisotopic (exact) mass is 281 g/mol. The van der Waals surface area contributed by atoms with Crippen molar-refractivity contribution in [1.29, 1.82) is 0 Å². The van der Waals surface area contributed by atoms with Gasteiger partial charge in [0.2, 0.25) is 0 Å². The number of carbonyl (C=O) groups excluding carboxylic acids is 1. The van der Waals surface area contributed by atoms with Crippen LogP contribution in [-0.2, 0) is 16.0 Å². The van der Waals surface area contributed by atoms with Gasteiger partial charge in [-0.05, 0) is 37.1 Å². The van der Waals surface area contributed by atoms with E-state index < -0.39 is 0 Å². The Morgan fingerprint density at radius 2 is 2.00 bits per heavy atom. The molecule has 0 aliphatic carbocycles. The summed E-state index contributed by atoms with van der Waals surface area (Å²) in [5.74, 6) is -0.464. The Labute approximate surface area is 120 Å². The van der Waals surface area contributed by atoms with Gasteiger partial charge in [0.1, 0.15) is 5.82 Å². The molecule has 0 saturated heterocycles. The third kappa shape index (κ3) is 6.66. The van der Waals surface area contributed by atoms with Gasteiger partial charge in [0, 0.05) is 6.04 Å². The lowest BCUT2D eigenvalue weighted by Gasteiger charge is -2.18. The van der Waals surface area contributed by atoms with Gasteiger partial charge in [-0.3, -0.25) is 4.79 Å². The van der Waals surface area contributed by atoms with Crippen LogP contribution in [0, 0.1) is 5.82 Å². The van der Waals surface area contributed by atoms with Gasteiger partial charge in [0.05, 0.1) is 13.5 Å². The largest absolute Gasteiger partial charge is 0.469 e. The minimum absolute atomic E-state index is 0.0322. The third-order valence-electron chi connectivity index (χ3n) is 3.25. The molecule has 0 aromatic heterocycles. The summed E-state index contributed by atoms with van der Waals surface area (Å²) in [7, 11) is 1.40. The topological polar surface area (TPSA) is 38.3 Å². The van der Waals surface area contributed by atoms with Gasteiger partial charge in [-0.2, -0.15) is 0 Å². The molecule has 112 valence electrons. The maximum atomic E-state index is 12.9. The fourth-order valence-electron chi connectivity index (χ4n) is 2.09. The number of rotatable bonds is 9.